The van der Waals surface area contributed by atoms with Crippen LogP contribution in [0.2, 0.25) is 0 Å². The number of hydrogen-bond acceptors (Lipinski definition) is 5. The Morgan fingerprint density at radius 3 is 2.58 bits per heavy atom. The molecule has 0 bridgehead atoms. The van der Waals surface area contributed by atoms with Gasteiger partial charge in [0, 0.05) is 52.1 Å². The Kier molecular flexibility index (Phi) is 11.5. The number of hydrogen-bond donors (Lipinski definition) is 2. The zero-order chi connectivity index (χ0) is 17.9. The second kappa shape index (κ2) is 13.1. The van der Waals surface area contributed by atoms with Crippen molar-refractivity contribution >= 4 is 35.8 Å². The molecular formula is C18H33IN6O. The van der Waals surface area contributed by atoms with E-state index in [0.29, 0.717) is 13.2 Å². The van der Waals surface area contributed by atoms with E-state index in [9.17, 15) is 0 Å². The molecule has 148 valence electrons. The molecular weight excluding hydrogens is 443 g/mol. The SMILES string of the molecule is CCNC(=NCc1ccc(N2CCN(C)CC2)nc1)NCCOCC.I. The molecule has 0 spiro atoms. The number of pyridine rings is 1. The Morgan fingerprint density at radius 1 is 1.19 bits per heavy atom. The van der Waals surface area contributed by atoms with Crippen molar-refractivity contribution in [2.75, 3.05) is 64.4 Å². The van der Waals surface area contributed by atoms with E-state index in [1.807, 2.05) is 13.1 Å². The first-order valence-corrected chi connectivity index (χ1v) is 9.21. The molecule has 2 heterocycles. The van der Waals surface area contributed by atoms with E-state index in [1.54, 1.807) is 0 Å². The molecule has 7 nitrogen and oxygen atoms in total. The number of guanidine groups is 1. The van der Waals surface area contributed by atoms with Crippen LogP contribution in [0.4, 0.5) is 5.82 Å². The zero-order valence-electron chi connectivity index (χ0n) is 16.2. The van der Waals surface area contributed by atoms with Gasteiger partial charge in [0.05, 0.1) is 13.2 Å². The summed E-state index contributed by atoms with van der Waals surface area (Å²) >= 11 is 0. The number of likely N-dealkylation sites (N-methyl/N-ethyl adjacent to an activating group) is 1. The quantitative estimate of drug-likeness (QED) is 0.257. The number of nitrogens with one attached hydrogen (secondary N) is 2. The normalized spacial score (nSPS) is 15.5. The second-order valence-electron chi connectivity index (χ2n) is 6.13. The Labute approximate surface area is 174 Å². The standard InChI is InChI=1S/C18H32N6O.HI/c1-4-19-18(20-8-13-25-5-2)22-15-16-6-7-17(21-14-16)24-11-9-23(3)10-12-24;/h6-7,14H,4-5,8-13,15H2,1-3H3,(H2,19,20,22);1H. The maximum atomic E-state index is 5.34. The van der Waals surface area contributed by atoms with Crippen LogP contribution < -0.4 is 15.5 Å². The number of anilines is 1. The van der Waals surface area contributed by atoms with Crippen LogP contribution in [0.15, 0.2) is 23.3 Å². The molecule has 0 unspecified atom stereocenters. The fraction of sp³-hybridized carbons (Fsp3) is 0.667. The van der Waals surface area contributed by atoms with Gasteiger partial charge in [-0.1, -0.05) is 6.07 Å². The Morgan fingerprint density at radius 2 is 1.96 bits per heavy atom. The van der Waals surface area contributed by atoms with Gasteiger partial charge in [-0.25, -0.2) is 9.98 Å². The first-order valence-electron chi connectivity index (χ1n) is 9.21. The highest BCUT2D eigenvalue weighted by atomic mass is 127. The minimum absolute atomic E-state index is 0. The van der Waals surface area contributed by atoms with Crippen LogP contribution >= 0.6 is 24.0 Å². The Hall–Kier alpha value is -1.13. The molecule has 26 heavy (non-hydrogen) atoms. The maximum absolute atomic E-state index is 5.34. The van der Waals surface area contributed by atoms with Crippen LogP contribution in [-0.2, 0) is 11.3 Å². The highest BCUT2D eigenvalue weighted by molar-refractivity contribution is 14.0. The van der Waals surface area contributed by atoms with Crippen LogP contribution in [0.5, 0.6) is 0 Å². The van der Waals surface area contributed by atoms with E-state index in [1.165, 1.54) is 0 Å². The Bertz CT molecular complexity index is 517. The molecule has 1 aromatic heterocycles. The molecule has 0 amide bonds. The predicted molar refractivity (Wildman–Crippen MR) is 119 cm³/mol. The molecule has 2 N–H and O–H groups in total. The highest BCUT2D eigenvalue weighted by Crippen LogP contribution is 2.13. The third-order valence-corrected chi connectivity index (χ3v) is 4.14. The van der Waals surface area contributed by atoms with Gasteiger partial charge in [-0.2, -0.15) is 0 Å². The van der Waals surface area contributed by atoms with Crippen LogP contribution in [0.3, 0.4) is 0 Å². The van der Waals surface area contributed by atoms with Crippen molar-refractivity contribution in [3.8, 4) is 0 Å². The lowest BCUT2D eigenvalue weighted by Gasteiger charge is -2.33. The smallest absolute Gasteiger partial charge is 0.191 e. The third-order valence-electron chi connectivity index (χ3n) is 4.14. The summed E-state index contributed by atoms with van der Waals surface area (Å²) in [6.45, 7) is 11.9. The molecule has 1 aromatic rings. The molecule has 1 saturated heterocycles. The van der Waals surface area contributed by atoms with Crippen molar-refractivity contribution in [2.45, 2.75) is 20.4 Å². The molecule has 0 atom stereocenters. The van der Waals surface area contributed by atoms with E-state index >= 15 is 0 Å². The van der Waals surface area contributed by atoms with Gasteiger partial charge < -0.3 is 25.2 Å². The minimum atomic E-state index is 0. The van der Waals surface area contributed by atoms with Crippen LogP contribution in [0, 0.1) is 0 Å². The minimum Gasteiger partial charge on any atom is -0.380 e. The number of aromatic nitrogens is 1. The van der Waals surface area contributed by atoms with Crippen LogP contribution in [0.25, 0.3) is 0 Å². The van der Waals surface area contributed by atoms with Gasteiger partial charge in [-0.05, 0) is 32.5 Å². The zero-order valence-corrected chi connectivity index (χ0v) is 18.5. The fourth-order valence-electron chi connectivity index (χ4n) is 2.63. The monoisotopic (exact) mass is 476 g/mol. The molecule has 1 aliphatic rings. The fourth-order valence-corrected chi connectivity index (χ4v) is 2.63. The van der Waals surface area contributed by atoms with Crippen molar-refractivity contribution < 1.29 is 4.74 Å². The molecule has 0 aromatic carbocycles. The molecule has 2 rings (SSSR count). The van der Waals surface area contributed by atoms with Crippen molar-refractivity contribution in [1.82, 2.24) is 20.5 Å². The van der Waals surface area contributed by atoms with Crippen LogP contribution in [-0.4, -0.2) is 75.4 Å². The second-order valence-corrected chi connectivity index (χ2v) is 6.13. The molecule has 0 radical (unpaired) electrons. The average molecular weight is 476 g/mol. The van der Waals surface area contributed by atoms with Gasteiger partial charge >= 0.3 is 0 Å². The molecule has 0 saturated carbocycles. The summed E-state index contributed by atoms with van der Waals surface area (Å²) in [7, 11) is 2.16. The average Bonchev–Trinajstić information content (AvgIpc) is 2.64. The van der Waals surface area contributed by atoms with Gasteiger partial charge in [-0.15, -0.1) is 24.0 Å². The van der Waals surface area contributed by atoms with Gasteiger partial charge in [0.25, 0.3) is 0 Å². The molecule has 0 aliphatic carbocycles. The summed E-state index contributed by atoms with van der Waals surface area (Å²) in [5.41, 5.74) is 1.11. The Balaban J connectivity index is 0.00000338. The summed E-state index contributed by atoms with van der Waals surface area (Å²) in [5.74, 6) is 1.87. The predicted octanol–water partition coefficient (Wildman–Crippen LogP) is 1.54. The van der Waals surface area contributed by atoms with Gasteiger partial charge in [0.15, 0.2) is 5.96 Å². The number of nitrogens with zero attached hydrogens (tertiary/aromatic N) is 4. The van der Waals surface area contributed by atoms with Gasteiger partial charge in [0.1, 0.15) is 5.82 Å². The molecule has 8 heteroatoms. The first-order chi connectivity index (χ1) is 12.2. The lowest BCUT2D eigenvalue weighted by Crippen LogP contribution is -2.44. The van der Waals surface area contributed by atoms with Gasteiger partial charge in [0.2, 0.25) is 0 Å². The number of rotatable bonds is 8. The van der Waals surface area contributed by atoms with Gasteiger partial charge in [-0.3, -0.25) is 0 Å². The van der Waals surface area contributed by atoms with Crippen molar-refractivity contribution in [3.05, 3.63) is 23.9 Å². The van der Waals surface area contributed by atoms with Crippen molar-refractivity contribution in [1.29, 1.82) is 0 Å². The number of piperazine rings is 1. The molecule has 1 aliphatic heterocycles. The lowest BCUT2D eigenvalue weighted by molar-refractivity contribution is 0.152. The van der Waals surface area contributed by atoms with Crippen LogP contribution in [0.1, 0.15) is 19.4 Å². The summed E-state index contributed by atoms with van der Waals surface area (Å²) < 4.78 is 5.34. The number of aliphatic imine (C=N–C) groups is 1. The van der Waals surface area contributed by atoms with Crippen molar-refractivity contribution in [3.63, 3.8) is 0 Å². The first kappa shape index (κ1) is 22.9. The maximum Gasteiger partial charge on any atom is 0.191 e. The summed E-state index contributed by atoms with van der Waals surface area (Å²) in [6, 6.07) is 4.22. The lowest BCUT2D eigenvalue weighted by atomic mass is 10.2. The van der Waals surface area contributed by atoms with E-state index in [-0.39, 0.29) is 24.0 Å². The summed E-state index contributed by atoms with van der Waals surface area (Å²) in [5, 5.41) is 6.52. The summed E-state index contributed by atoms with van der Waals surface area (Å²) in [4.78, 5) is 13.9. The highest BCUT2D eigenvalue weighted by Gasteiger charge is 2.14. The summed E-state index contributed by atoms with van der Waals surface area (Å²) in [6.07, 6.45) is 1.93. The number of ether oxygens (including phenoxy) is 1. The van der Waals surface area contributed by atoms with E-state index in [2.05, 4.69) is 56.5 Å². The van der Waals surface area contributed by atoms with E-state index in [4.69, 9.17) is 4.74 Å². The van der Waals surface area contributed by atoms with E-state index < -0.39 is 0 Å². The van der Waals surface area contributed by atoms with E-state index in [0.717, 1.165) is 63.2 Å². The largest absolute Gasteiger partial charge is 0.380 e. The number of halogens is 1. The van der Waals surface area contributed by atoms with Crippen molar-refractivity contribution in [2.24, 2.45) is 4.99 Å². The topological polar surface area (TPSA) is 65.0 Å². The molecule has 1 fully saturated rings. The third kappa shape index (κ3) is 8.05.